The Kier molecular flexibility index (Phi) is 4.49. The molecule has 0 aromatic carbocycles. The summed E-state index contributed by atoms with van der Waals surface area (Å²) in [4.78, 5) is 0. The van der Waals surface area contributed by atoms with Gasteiger partial charge in [0.25, 0.3) is 0 Å². The Labute approximate surface area is 125 Å². The van der Waals surface area contributed by atoms with Crippen molar-refractivity contribution in [1.29, 1.82) is 0 Å². The molecule has 0 radical (unpaired) electrons. The highest BCUT2D eigenvalue weighted by atomic mass is 32.2. The van der Waals surface area contributed by atoms with Gasteiger partial charge in [0.2, 0.25) is 0 Å². The molecule has 0 N–H and O–H groups in total. The van der Waals surface area contributed by atoms with Crippen molar-refractivity contribution in [3.05, 3.63) is 11.9 Å². The summed E-state index contributed by atoms with van der Waals surface area (Å²) in [6.07, 6.45) is 8.40. The van der Waals surface area contributed by atoms with Crippen LogP contribution in [-0.2, 0) is 27.3 Å². The largest absolute Gasteiger partial charge is 0.523 e. The molecular weight excluding hydrogens is 323 g/mol. The first-order valence-corrected chi connectivity index (χ1v) is 7.86. The zero-order chi connectivity index (χ0) is 16.4. The Morgan fingerprint density at radius 3 is 2.86 bits per heavy atom. The van der Waals surface area contributed by atoms with Crippen molar-refractivity contribution in [2.45, 2.75) is 37.7 Å². The van der Waals surface area contributed by atoms with Crippen molar-refractivity contribution in [2.75, 3.05) is 6.61 Å². The van der Waals surface area contributed by atoms with Gasteiger partial charge in [-0.25, -0.2) is 4.68 Å². The van der Waals surface area contributed by atoms with E-state index in [1.54, 1.807) is 10.9 Å². The lowest BCUT2D eigenvalue weighted by Gasteiger charge is -2.36. The molecule has 10 heteroatoms. The molecule has 1 atom stereocenters. The molecule has 2 heterocycles. The van der Waals surface area contributed by atoms with Crippen LogP contribution in [0.25, 0.3) is 0 Å². The van der Waals surface area contributed by atoms with Crippen LogP contribution in [-0.4, -0.2) is 35.5 Å². The molecule has 1 aromatic rings. The Morgan fingerprint density at radius 2 is 2.23 bits per heavy atom. The SMILES string of the molecule is C#CCC[C@@]1(COS(=O)(=O)C(F)(F)F)CCc2cnnn2C1. The van der Waals surface area contributed by atoms with Crippen LogP contribution in [0.2, 0.25) is 0 Å². The van der Waals surface area contributed by atoms with Gasteiger partial charge in [-0.2, -0.15) is 21.6 Å². The highest BCUT2D eigenvalue weighted by Gasteiger charge is 2.49. The number of alkyl halides is 3. The average molecular weight is 337 g/mol. The standard InChI is InChI=1S/C12H14F3N3O3S/c1-2-3-5-11(9-21-22(19,20)12(13,14)15)6-4-10-7-16-17-18(10)8-11/h1,7H,3-6,8-9H2/t11-/m1/s1. The number of fused-ring (bicyclic) bond motifs is 1. The number of hydrogen-bond acceptors (Lipinski definition) is 5. The van der Waals surface area contributed by atoms with Crippen LogP contribution >= 0.6 is 0 Å². The summed E-state index contributed by atoms with van der Waals surface area (Å²) in [5, 5.41) is 7.57. The fourth-order valence-corrected chi connectivity index (χ4v) is 2.94. The van der Waals surface area contributed by atoms with Gasteiger partial charge in [0.1, 0.15) is 0 Å². The first kappa shape index (κ1) is 16.8. The molecule has 0 fully saturated rings. The monoisotopic (exact) mass is 337 g/mol. The predicted octanol–water partition coefficient (Wildman–Crippen LogP) is 1.49. The molecule has 0 aliphatic carbocycles. The zero-order valence-corrected chi connectivity index (χ0v) is 12.3. The maximum Gasteiger partial charge on any atom is 0.523 e. The summed E-state index contributed by atoms with van der Waals surface area (Å²) >= 11 is 0. The van der Waals surface area contributed by atoms with Gasteiger partial charge in [-0.05, 0) is 19.3 Å². The molecule has 0 saturated carbocycles. The van der Waals surface area contributed by atoms with E-state index in [1.165, 1.54) is 0 Å². The van der Waals surface area contributed by atoms with Crippen molar-refractivity contribution in [1.82, 2.24) is 15.0 Å². The lowest BCUT2D eigenvalue weighted by molar-refractivity contribution is -0.0580. The lowest BCUT2D eigenvalue weighted by Crippen LogP contribution is -2.39. The highest BCUT2D eigenvalue weighted by molar-refractivity contribution is 7.87. The number of terminal acetylenes is 1. The molecule has 6 nitrogen and oxygen atoms in total. The number of hydrogen-bond donors (Lipinski definition) is 0. The minimum Gasteiger partial charge on any atom is -0.263 e. The van der Waals surface area contributed by atoms with E-state index < -0.39 is 27.6 Å². The van der Waals surface area contributed by atoms with Gasteiger partial charge in [0.15, 0.2) is 0 Å². The molecule has 0 amide bonds. The number of aromatic nitrogens is 3. The van der Waals surface area contributed by atoms with Gasteiger partial charge in [-0.1, -0.05) is 5.21 Å². The van der Waals surface area contributed by atoms with Crippen LogP contribution in [0.5, 0.6) is 0 Å². The van der Waals surface area contributed by atoms with Crippen LogP contribution in [0.4, 0.5) is 13.2 Å². The van der Waals surface area contributed by atoms with E-state index in [2.05, 4.69) is 20.4 Å². The minimum atomic E-state index is -5.62. The maximum absolute atomic E-state index is 12.4. The Hall–Kier alpha value is -1.60. The molecule has 0 bridgehead atoms. The second kappa shape index (κ2) is 5.89. The first-order chi connectivity index (χ1) is 10.2. The number of rotatable bonds is 5. The quantitative estimate of drug-likeness (QED) is 0.462. The smallest absolute Gasteiger partial charge is 0.263 e. The molecule has 0 unspecified atom stereocenters. The molecule has 1 aliphatic heterocycles. The topological polar surface area (TPSA) is 74.1 Å². The van der Waals surface area contributed by atoms with E-state index in [4.69, 9.17) is 6.42 Å². The van der Waals surface area contributed by atoms with E-state index in [0.717, 1.165) is 5.69 Å². The van der Waals surface area contributed by atoms with E-state index in [1.807, 2.05) is 0 Å². The Morgan fingerprint density at radius 1 is 1.50 bits per heavy atom. The van der Waals surface area contributed by atoms with Gasteiger partial charge in [0, 0.05) is 11.8 Å². The third kappa shape index (κ3) is 3.41. The molecular formula is C12H14F3N3O3S. The summed E-state index contributed by atoms with van der Waals surface area (Å²) in [6, 6.07) is 0. The molecule has 1 aromatic heterocycles. The first-order valence-electron chi connectivity index (χ1n) is 6.46. The zero-order valence-electron chi connectivity index (χ0n) is 11.5. The fourth-order valence-electron chi connectivity index (χ4n) is 2.40. The molecule has 0 spiro atoms. The lowest BCUT2D eigenvalue weighted by atomic mass is 9.77. The minimum absolute atomic E-state index is 0.220. The molecule has 0 saturated heterocycles. The fraction of sp³-hybridized carbons (Fsp3) is 0.667. The van der Waals surface area contributed by atoms with E-state index in [9.17, 15) is 21.6 Å². The summed E-state index contributed by atoms with van der Waals surface area (Å²) in [5.74, 6) is 2.41. The second-order valence-corrected chi connectivity index (χ2v) is 6.86. The van der Waals surface area contributed by atoms with Gasteiger partial charge in [-0.3, -0.25) is 4.18 Å². The molecule has 2 rings (SSSR count). The average Bonchev–Trinajstić information content (AvgIpc) is 2.89. The van der Waals surface area contributed by atoms with Crippen LogP contribution < -0.4 is 0 Å². The van der Waals surface area contributed by atoms with Crippen molar-refractivity contribution in [3.8, 4) is 12.3 Å². The summed E-state index contributed by atoms with van der Waals surface area (Å²) in [7, 11) is -5.62. The van der Waals surface area contributed by atoms with E-state index in [0.29, 0.717) is 25.7 Å². The molecule has 122 valence electrons. The maximum atomic E-state index is 12.4. The number of halogens is 3. The van der Waals surface area contributed by atoms with Crippen molar-refractivity contribution >= 4 is 10.1 Å². The predicted molar refractivity (Wildman–Crippen MR) is 69.8 cm³/mol. The number of aryl methyl sites for hydroxylation is 1. The number of nitrogens with zero attached hydrogens (tertiary/aromatic N) is 3. The van der Waals surface area contributed by atoms with Gasteiger partial charge >= 0.3 is 15.6 Å². The van der Waals surface area contributed by atoms with Crippen LogP contribution in [0.3, 0.4) is 0 Å². The normalized spacial score (nSPS) is 22.1. The highest BCUT2D eigenvalue weighted by Crippen LogP contribution is 2.37. The van der Waals surface area contributed by atoms with Crippen LogP contribution in [0, 0.1) is 17.8 Å². The van der Waals surface area contributed by atoms with Gasteiger partial charge < -0.3 is 0 Å². The summed E-state index contributed by atoms with van der Waals surface area (Å²) < 4.78 is 65.1. The van der Waals surface area contributed by atoms with E-state index >= 15 is 0 Å². The van der Waals surface area contributed by atoms with Crippen LogP contribution in [0.15, 0.2) is 6.20 Å². The van der Waals surface area contributed by atoms with Gasteiger partial charge in [-0.15, -0.1) is 17.4 Å². The third-order valence-electron chi connectivity index (χ3n) is 3.70. The van der Waals surface area contributed by atoms with E-state index in [-0.39, 0.29) is 6.54 Å². The van der Waals surface area contributed by atoms with Crippen LogP contribution in [0.1, 0.15) is 25.0 Å². The molecule has 22 heavy (non-hydrogen) atoms. The summed E-state index contributed by atoms with van der Waals surface area (Å²) in [5.41, 5.74) is -5.41. The Balaban J connectivity index is 2.17. The van der Waals surface area contributed by atoms with Crippen molar-refractivity contribution in [2.24, 2.45) is 5.41 Å². The van der Waals surface area contributed by atoms with Crippen molar-refractivity contribution in [3.63, 3.8) is 0 Å². The second-order valence-electron chi connectivity index (χ2n) is 5.25. The molecule has 1 aliphatic rings. The van der Waals surface area contributed by atoms with Crippen molar-refractivity contribution < 1.29 is 25.8 Å². The third-order valence-corrected chi connectivity index (χ3v) is 4.69. The Bertz CT molecular complexity index is 678. The summed E-state index contributed by atoms with van der Waals surface area (Å²) in [6.45, 7) is -0.368. The van der Waals surface area contributed by atoms with Gasteiger partial charge in [0.05, 0.1) is 25.0 Å².